The van der Waals surface area contributed by atoms with Crippen molar-refractivity contribution < 1.29 is 14.3 Å². The van der Waals surface area contributed by atoms with Crippen molar-refractivity contribution in [1.29, 1.82) is 0 Å². The number of benzene rings is 4. The molecule has 1 saturated heterocycles. The number of piperidine rings is 1. The first kappa shape index (κ1) is 32.2. The molecule has 2 atom stereocenters. The van der Waals surface area contributed by atoms with Crippen LogP contribution in [-0.2, 0) is 16.1 Å². The first-order valence-corrected chi connectivity index (χ1v) is 17.0. The Labute approximate surface area is 285 Å². The Balaban J connectivity index is 1.16. The van der Waals surface area contributed by atoms with Gasteiger partial charge in [0.05, 0.1) is 41.8 Å². The standard InChI is InChI=1S/C39H41N7O3/c1-5-6-19-46(38(47)34(23(2)3)45-39(48)49-4)22-33-41-30-16-12-26-20-24(10-14-28(26)35(30)43-33)25-11-15-29-27(21-25)13-17-31-36(29)44-37(42-31)32-9-7-8-18-40-32/h1,10-17,20-21,23,32,34,40H,6-9,18-19,22H2,2-4H3,(H,41,43)(H,42,44)(H,45,48)/t32-,34-/m0/s1. The van der Waals surface area contributed by atoms with Crippen LogP contribution in [0.1, 0.15) is 57.2 Å². The second-order valence-electron chi connectivity index (χ2n) is 13.2. The van der Waals surface area contributed by atoms with Gasteiger partial charge in [-0.05, 0) is 71.5 Å². The minimum Gasteiger partial charge on any atom is -0.453 e. The summed E-state index contributed by atoms with van der Waals surface area (Å²) in [6, 6.07) is 21.0. The van der Waals surface area contributed by atoms with E-state index in [1.54, 1.807) is 4.90 Å². The number of ether oxygens (including phenoxy) is 1. The number of imidazole rings is 2. The minimum absolute atomic E-state index is 0.153. The van der Waals surface area contributed by atoms with Crippen LogP contribution in [-0.4, -0.2) is 63.1 Å². The predicted octanol–water partition coefficient (Wildman–Crippen LogP) is 6.96. The zero-order valence-electron chi connectivity index (χ0n) is 28.1. The van der Waals surface area contributed by atoms with Crippen LogP contribution in [0.3, 0.4) is 0 Å². The number of aromatic amines is 2. The third-order valence-corrected chi connectivity index (χ3v) is 9.55. The van der Waals surface area contributed by atoms with Crippen LogP contribution in [0, 0.1) is 18.3 Å². The van der Waals surface area contributed by atoms with E-state index in [4.69, 9.17) is 21.1 Å². The van der Waals surface area contributed by atoms with Crippen LogP contribution in [0.15, 0.2) is 60.7 Å². The summed E-state index contributed by atoms with van der Waals surface area (Å²) in [7, 11) is 1.28. The van der Waals surface area contributed by atoms with E-state index < -0.39 is 12.1 Å². The van der Waals surface area contributed by atoms with E-state index in [1.807, 2.05) is 19.9 Å². The van der Waals surface area contributed by atoms with Crippen molar-refractivity contribution in [3.63, 3.8) is 0 Å². The Bertz CT molecular complexity index is 2220. The normalized spacial score (nSPS) is 15.5. The summed E-state index contributed by atoms with van der Waals surface area (Å²) in [6.45, 7) is 5.34. The lowest BCUT2D eigenvalue weighted by Crippen LogP contribution is -2.51. The maximum absolute atomic E-state index is 13.6. The van der Waals surface area contributed by atoms with E-state index in [0.29, 0.717) is 18.8 Å². The molecular weight excluding hydrogens is 614 g/mol. The SMILES string of the molecule is C#CCCN(Cc1nc2c(ccc3cc(-c4ccc5c(ccc6[nH]c([C@@H]7CCCCN7)nc65)c4)ccc32)[nH]1)C(=O)[C@@H](NC(=O)OC)C(C)C. The molecule has 10 nitrogen and oxygen atoms in total. The van der Waals surface area contributed by atoms with E-state index >= 15 is 0 Å². The summed E-state index contributed by atoms with van der Waals surface area (Å²) in [5, 5.41) is 10.6. The first-order chi connectivity index (χ1) is 23.8. The maximum Gasteiger partial charge on any atom is 0.407 e. The number of terminal acetylenes is 1. The zero-order valence-corrected chi connectivity index (χ0v) is 28.1. The van der Waals surface area contributed by atoms with Gasteiger partial charge in [0.2, 0.25) is 5.91 Å². The molecule has 1 aliphatic heterocycles. The number of fused-ring (bicyclic) bond motifs is 6. The molecular formula is C39H41N7O3. The van der Waals surface area contributed by atoms with Crippen molar-refractivity contribution in [3.8, 4) is 23.5 Å². The molecule has 0 radical (unpaired) electrons. The van der Waals surface area contributed by atoms with E-state index in [1.165, 1.54) is 20.0 Å². The number of methoxy groups -OCH3 is 1. The molecule has 250 valence electrons. The van der Waals surface area contributed by atoms with Crippen LogP contribution >= 0.6 is 0 Å². The molecule has 0 unspecified atom stereocenters. The van der Waals surface area contributed by atoms with Gasteiger partial charge in [0, 0.05) is 23.7 Å². The molecule has 3 heterocycles. The minimum atomic E-state index is -0.759. The summed E-state index contributed by atoms with van der Waals surface area (Å²) in [6.07, 6.45) is 8.83. The second-order valence-corrected chi connectivity index (χ2v) is 13.2. The number of carbonyl (C=O) groups is 2. The average molecular weight is 656 g/mol. The maximum atomic E-state index is 13.6. The van der Waals surface area contributed by atoms with Crippen molar-refractivity contribution >= 4 is 55.6 Å². The van der Waals surface area contributed by atoms with Gasteiger partial charge in [0.1, 0.15) is 17.7 Å². The van der Waals surface area contributed by atoms with Crippen molar-refractivity contribution in [2.75, 3.05) is 20.2 Å². The van der Waals surface area contributed by atoms with Gasteiger partial charge in [-0.2, -0.15) is 0 Å². The summed E-state index contributed by atoms with van der Waals surface area (Å²) < 4.78 is 4.75. The Kier molecular flexibility index (Phi) is 8.93. The van der Waals surface area contributed by atoms with Gasteiger partial charge in [-0.1, -0.05) is 56.7 Å². The van der Waals surface area contributed by atoms with Gasteiger partial charge in [-0.15, -0.1) is 12.3 Å². The number of aromatic nitrogens is 4. The Morgan fingerprint density at radius 2 is 1.63 bits per heavy atom. The Morgan fingerprint density at radius 1 is 0.959 bits per heavy atom. The lowest BCUT2D eigenvalue weighted by atomic mass is 9.98. The summed E-state index contributed by atoms with van der Waals surface area (Å²) in [5.74, 6) is 3.88. The molecule has 10 heteroatoms. The van der Waals surface area contributed by atoms with Crippen LogP contribution in [0.25, 0.3) is 54.7 Å². The van der Waals surface area contributed by atoms with Gasteiger partial charge in [-0.25, -0.2) is 14.8 Å². The van der Waals surface area contributed by atoms with E-state index in [0.717, 1.165) is 73.5 Å². The Morgan fingerprint density at radius 3 is 2.24 bits per heavy atom. The molecule has 7 rings (SSSR count). The van der Waals surface area contributed by atoms with E-state index in [9.17, 15) is 9.59 Å². The third-order valence-electron chi connectivity index (χ3n) is 9.55. The highest BCUT2D eigenvalue weighted by molar-refractivity contribution is 6.07. The number of amides is 2. The van der Waals surface area contributed by atoms with Gasteiger partial charge in [0.25, 0.3) is 0 Å². The average Bonchev–Trinajstić information content (AvgIpc) is 3.76. The number of nitrogens with one attached hydrogen (secondary N) is 4. The van der Waals surface area contributed by atoms with Gasteiger partial charge in [-0.3, -0.25) is 4.79 Å². The number of hydrogen-bond donors (Lipinski definition) is 4. The molecule has 4 aromatic carbocycles. The molecule has 0 bridgehead atoms. The molecule has 1 aliphatic rings. The highest BCUT2D eigenvalue weighted by Gasteiger charge is 2.29. The van der Waals surface area contributed by atoms with Crippen LogP contribution in [0.2, 0.25) is 0 Å². The largest absolute Gasteiger partial charge is 0.453 e. The Hall–Kier alpha value is -5.40. The fourth-order valence-electron chi connectivity index (χ4n) is 6.90. The van der Waals surface area contributed by atoms with Crippen LogP contribution in [0.4, 0.5) is 4.79 Å². The molecule has 0 saturated carbocycles. The number of alkyl carbamates (subject to hydrolysis) is 1. The van der Waals surface area contributed by atoms with Gasteiger partial charge in [0.15, 0.2) is 0 Å². The second kappa shape index (κ2) is 13.6. The smallest absolute Gasteiger partial charge is 0.407 e. The van der Waals surface area contributed by atoms with E-state index in [2.05, 4.69) is 81.1 Å². The predicted molar refractivity (Wildman–Crippen MR) is 194 cm³/mol. The third kappa shape index (κ3) is 6.42. The summed E-state index contributed by atoms with van der Waals surface area (Å²) in [4.78, 5) is 44.1. The highest BCUT2D eigenvalue weighted by Crippen LogP contribution is 2.33. The number of hydrogen-bond acceptors (Lipinski definition) is 6. The number of H-pyrrole nitrogens is 2. The highest BCUT2D eigenvalue weighted by atomic mass is 16.5. The fourth-order valence-corrected chi connectivity index (χ4v) is 6.90. The zero-order chi connectivity index (χ0) is 34.1. The van der Waals surface area contributed by atoms with Gasteiger partial charge < -0.3 is 30.2 Å². The molecule has 0 spiro atoms. The fraction of sp³-hybridized carbons (Fsp3) is 0.333. The number of carbonyl (C=O) groups excluding carboxylic acids is 2. The molecule has 1 fully saturated rings. The monoisotopic (exact) mass is 655 g/mol. The first-order valence-electron chi connectivity index (χ1n) is 17.0. The van der Waals surface area contributed by atoms with Crippen LogP contribution < -0.4 is 10.6 Å². The van der Waals surface area contributed by atoms with Crippen LogP contribution in [0.5, 0.6) is 0 Å². The van der Waals surface area contributed by atoms with Gasteiger partial charge >= 0.3 is 6.09 Å². The molecule has 2 aromatic heterocycles. The van der Waals surface area contributed by atoms with Crippen molar-refractivity contribution in [2.45, 2.75) is 58.2 Å². The number of nitrogens with zero attached hydrogens (tertiary/aromatic N) is 3. The molecule has 49 heavy (non-hydrogen) atoms. The van der Waals surface area contributed by atoms with E-state index in [-0.39, 0.29) is 24.4 Å². The molecule has 0 aliphatic carbocycles. The number of rotatable bonds is 9. The van der Waals surface area contributed by atoms with Crippen molar-refractivity contribution in [2.24, 2.45) is 5.92 Å². The van der Waals surface area contributed by atoms with Crippen molar-refractivity contribution in [1.82, 2.24) is 35.5 Å². The molecule has 4 N–H and O–H groups in total. The lowest BCUT2D eigenvalue weighted by Gasteiger charge is -2.28. The summed E-state index contributed by atoms with van der Waals surface area (Å²) >= 11 is 0. The summed E-state index contributed by atoms with van der Waals surface area (Å²) in [5.41, 5.74) is 6.03. The topological polar surface area (TPSA) is 128 Å². The van der Waals surface area contributed by atoms with Crippen molar-refractivity contribution in [3.05, 3.63) is 72.3 Å². The quantitative estimate of drug-likeness (QED) is 0.125. The molecule has 6 aromatic rings. The molecule has 2 amide bonds. The lowest BCUT2D eigenvalue weighted by molar-refractivity contribution is -0.135.